The summed E-state index contributed by atoms with van der Waals surface area (Å²) >= 11 is 3.37. The Hall–Kier alpha value is -1.11. The first-order valence-electron chi connectivity index (χ1n) is 6.43. The van der Waals surface area contributed by atoms with Crippen molar-refractivity contribution < 1.29 is 14.3 Å². The Kier molecular flexibility index (Phi) is 7.58. The highest BCUT2D eigenvalue weighted by Gasteiger charge is 2.18. The van der Waals surface area contributed by atoms with E-state index in [-0.39, 0.29) is 5.91 Å². The molecular weight excluding hydrogens is 324 g/mol. The molecule has 0 spiro atoms. The Morgan fingerprint density at radius 2 is 1.95 bits per heavy atom. The number of ether oxygens (including phenoxy) is 2. The summed E-state index contributed by atoms with van der Waals surface area (Å²) in [7, 11) is 3.27. The summed E-state index contributed by atoms with van der Waals surface area (Å²) in [5, 5.41) is 0. The third kappa shape index (κ3) is 4.77. The fourth-order valence-corrected chi connectivity index (χ4v) is 2.24. The zero-order chi connectivity index (χ0) is 15.0. The number of nitrogen functional groups attached to an aromatic ring is 1. The van der Waals surface area contributed by atoms with Gasteiger partial charge in [-0.2, -0.15) is 0 Å². The van der Waals surface area contributed by atoms with Crippen molar-refractivity contribution in [2.45, 2.75) is 6.42 Å². The summed E-state index contributed by atoms with van der Waals surface area (Å²) < 4.78 is 10.7. The van der Waals surface area contributed by atoms with E-state index in [1.54, 1.807) is 37.3 Å². The van der Waals surface area contributed by atoms with Crippen molar-refractivity contribution in [3.63, 3.8) is 0 Å². The van der Waals surface area contributed by atoms with Crippen molar-refractivity contribution in [2.24, 2.45) is 0 Å². The molecule has 1 rings (SSSR count). The third-order valence-electron chi connectivity index (χ3n) is 2.89. The number of hydrogen-bond donors (Lipinski definition) is 1. The first-order valence-corrected chi connectivity index (χ1v) is 7.22. The molecule has 1 aromatic rings. The lowest BCUT2D eigenvalue weighted by atomic mass is 10.1. The Bertz CT molecular complexity index is 440. The van der Waals surface area contributed by atoms with Crippen LogP contribution in [-0.2, 0) is 9.47 Å². The van der Waals surface area contributed by atoms with E-state index < -0.39 is 0 Å². The quantitative estimate of drug-likeness (QED) is 0.579. The number of anilines is 1. The minimum atomic E-state index is -0.0580. The van der Waals surface area contributed by atoms with Crippen molar-refractivity contribution in [3.05, 3.63) is 28.2 Å². The number of halogens is 1. The third-order valence-corrected chi connectivity index (χ3v) is 3.77. The van der Waals surface area contributed by atoms with Crippen LogP contribution in [0.5, 0.6) is 0 Å². The molecule has 0 bridgehead atoms. The first kappa shape index (κ1) is 16.9. The number of nitrogens with two attached hydrogens (primary N) is 1. The van der Waals surface area contributed by atoms with E-state index in [0.29, 0.717) is 42.0 Å². The molecule has 0 aliphatic heterocycles. The van der Waals surface area contributed by atoms with Gasteiger partial charge in [0.05, 0.1) is 16.6 Å². The number of nitrogens with zero attached hydrogens (tertiary/aromatic N) is 1. The monoisotopic (exact) mass is 344 g/mol. The maximum Gasteiger partial charge on any atom is 0.255 e. The van der Waals surface area contributed by atoms with E-state index in [1.165, 1.54) is 0 Å². The Morgan fingerprint density at radius 3 is 2.60 bits per heavy atom. The maximum absolute atomic E-state index is 12.6. The minimum Gasteiger partial charge on any atom is -0.398 e. The van der Waals surface area contributed by atoms with Gasteiger partial charge in [-0.3, -0.25) is 4.79 Å². The Labute approximate surface area is 128 Å². The van der Waals surface area contributed by atoms with Gasteiger partial charge in [-0.05, 0) is 34.5 Å². The van der Waals surface area contributed by atoms with Gasteiger partial charge in [-0.15, -0.1) is 0 Å². The van der Waals surface area contributed by atoms with Crippen molar-refractivity contribution >= 4 is 27.5 Å². The molecule has 0 aromatic heterocycles. The van der Waals surface area contributed by atoms with E-state index in [1.807, 2.05) is 0 Å². The molecule has 112 valence electrons. The van der Waals surface area contributed by atoms with Gasteiger partial charge in [0.2, 0.25) is 0 Å². The zero-order valence-electron chi connectivity index (χ0n) is 11.9. The van der Waals surface area contributed by atoms with E-state index in [0.717, 1.165) is 6.42 Å². The van der Waals surface area contributed by atoms with Gasteiger partial charge >= 0.3 is 0 Å². The molecule has 0 unspecified atom stereocenters. The second-order valence-electron chi connectivity index (χ2n) is 4.34. The molecule has 1 aromatic carbocycles. The number of carbonyl (C=O) groups excluding carboxylic acids is 1. The van der Waals surface area contributed by atoms with Gasteiger partial charge < -0.3 is 20.1 Å². The second kappa shape index (κ2) is 8.94. The predicted octanol–water partition coefficient (Wildman–Crippen LogP) is 2.16. The molecule has 0 aliphatic rings. The van der Waals surface area contributed by atoms with E-state index in [4.69, 9.17) is 15.2 Å². The molecule has 6 heteroatoms. The largest absolute Gasteiger partial charge is 0.398 e. The van der Waals surface area contributed by atoms with Crippen LogP contribution in [0.25, 0.3) is 0 Å². The lowest BCUT2D eigenvalue weighted by Crippen LogP contribution is -2.35. The van der Waals surface area contributed by atoms with Crippen molar-refractivity contribution in [3.8, 4) is 0 Å². The maximum atomic E-state index is 12.6. The van der Waals surface area contributed by atoms with Crippen LogP contribution in [-0.4, -0.2) is 51.3 Å². The fraction of sp³-hybridized carbons (Fsp3) is 0.500. The molecule has 0 heterocycles. The average Bonchev–Trinajstić information content (AvgIpc) is 2.45. The number of amides is 1. The number of benzene rings is 1. The Balaban J connectivity index is 2.82. The van der Waals surface area contributed by atoms with E-state index >= 15 is 0 Å². The lowest BCUT2D eigenvalue weighted by Gasteiger charge is -2.23. The zero-order valence-corrected chi connectivity index (χ0v) is 13.5. The lowest BCUT2D eigenvalue weighted by molar-refractivity contribution is 0.0673. The van der Waals surface area contributed by atoms with E-state index in [9.17, 15) is 4.79 Å². The number of rotatable bonds is 8. The normalized spacial score (nSPS) is 10.6. The standard InChI is InChI=1S/C14H21BrN2O3/c1-19-9-4-7-17(8-10-20-2)14(18)11-5-3-6-12(16)13(11)15/h3,5-6H,4,7-10,16H2,1-2H3. The number of methoxy groups -OCH3 is 2. The summed E-state index contributed by atoms with van der Waals surface area (Å²) in [6, 6.07) is 5.29. The van der Waals surface area contributed by atoms with Gasteiger partial charge in [0.25, 0.3) is 5.91 Å². The van der Waals surface area contributed by atoms with Crippen molar-refractivity contribution in [1.29, 1.82) is 0 Å². The van der Waals surface area contributed by atoms with Gasteiger partial charge in [0.15, 0.2) is 0 Å². The SMILES string of the molecule is COCCCN(CCOC)C(=O)c1cccc(N)c1Br. The van der Waals surface area contributed by atoms with Crippen molar-refractivity contribution in [2.75, 3.05) is 46.3 Å². The van der Waals surface area contributed by atoms with Crippen LogP contribution in [0.4, 0.5) is 5.69 Å². The molecule has 0 aliphatic carbocycles. The average molecular weight is 345 g/mol. The van der Waals surface area contributed by atoms with Gasteiger partial charge in [-0.1, -0.05) is 6.07 Å². The van der Waals surface area contributed by atoms with Crippen LogP contribution in [0, 0.1) is 0 Å². The molecule has 5 nitrogen and oxygen atoms in total. The van der Waals surface area contributed by atoms with Crippen molar-refractivity contribution in [1.82, 2.24) is 4.90 Å². The van der Waals surface area contributed by atoms with Crippen LogP contribution < -0.4 is 5.73 Å². The predicted molar refractivity (Wildman–Crippen MR) is 82.8 cm³/mol. The molecule has 20 heavy (non-hydrogen) atoms. The van der Waals surface area contributed by atoms with Crippen LogP contribution in [0.15, 0.2) is 22.7 Å². The molecule has 0 fully saturated rings. The first-order chi connectivity index (χ1) is 9.61. The van der Waals surface area contributed by atoms with Crippen LogP contribution in [0.3, 0.4) is 0 Å². The Morgan fingerprint density at radius 1 is 1.25 bits per heavy atom. The molecule has 0 saturated heterocycles. The summed E-state index contributed by atoms with van der Waals surface area (Å²) in [4.78, 5) is 14.3. The molecular formula is C14H21BrN2O3. The highest BCUT2D eigenvalue weighted by molar-refractivity contribution is 9.10. The summed E-state index contributed by atoms with van der Waals surface area (Å²) in [6.45, 7) is 2.28. The number of hydrogen-bond acceptors (Lipinski definition) is 4. The van der Waals surface area contributed by atoms with Gasteiger partial charge in [0, 0.05) is 39.6 Å². The van der Waals surface area contributed by atoms with Crippen LogP contribution in [0.2, 0.25) is 0 Å². The minimum absolute atomic E-state index is 0.0580. The van der Waals surface area contributed by atoms with Gasteiger partial charge in [0.1, 0.15) is 0 Å². The molecule has 2 N–H and O–H groups in total. The number of carbonyl (C=O) groups is 1. The smallest absolute Gasteiger partial charge is 0.255 e. The molecule has 0 radical (unpaired) electrons. The second-order valence-corrected chi connectivity index (χ2v) is 5.13. The van der Waals surface area contributed by atoms with Crippen LogP contribution >= 0.6 is 15.9 Å². The molecule has 0 atom stereocenters. The molecule has 1 amide bonds. The van der Waals surface area contributed by atoms with E-state index in [2.05, 4.69) is 15.9 Å². The summed E-state index contributed by atoms with van der Waals surface area (Å²) in [6.07, 6.45) is 0.784. The summed E-state index contributed by atoms with van der Waals surface area (Å²) in [5.41, 5.74) is 6.94. The fourth-order valence-electron chi connectivity index (χ4n) is 1.80. The highest BCUT2D eigenvalue weighted by atomic mass is 79.9. The van der Waals surface area contributed by atoms with Crippen LogP contribution in [0.1, 0.15) is 16.8 Å². The summed E-state index contributed by atoms with van der Waals surface area (Å²) in [5.74, 6) is -0.0580. The van der Waals surface area contributed by atoms with Gasteiger partial charge in [-0.25, -0.2) is 0 Å². The topological polar surface area (TPSA) is 64.8 Å². The molecule has 0 saturated carbocycles. The highest BCUT2D eigenvalue weighted by Crippen LogP contribution is 2.25.